The maximum Gasteiger partial charge on any atom is 0.178 e. The van der Waals surface area contributed by atoms with Crippen LogP contribution in [0.15, 0.2) is 51.5 Å². The summed E-state index contributed by atoms with van der Waals surface area (Å²) in [6.07, 6.45) is 0. The van der Waals surface area contributed by atoms with E-state index in [0.717, 1.165) is 21.3 Å². The van der Waals surface area contributed by atoms with Gasteiger partial charge >= 0.3 is 0 Å². The van der Waals surface area contributed by atoms with Gasteiger partial charge in [0.25, 0.3) is 0 Å². The summed E-state index contributed by atoms with van der Waals surface area (Å²) in [5.74, 6) is 1.27. The molecule has 23 heavy (non-hydrogen) atoms. The van der Waals surface area contributed by atoms with Gasteiger partial charge in [0.15, 0.2) is 5.76 Å². The predicted molar refractivity (Wildman–Crippen MR) is 92.6 cm³/mol. The Labute approximate surface area is 142 Å². The normalized spacial score (nSPS) is 10.7. The summed E-state index contributed by atoms with van der Waals surface area (Å²) in [5.41, 5.74) is 3.22. The fourth-order valence-corrected chi connectivity index (χ4v) is 2.73. The Morgan fingerprint density at radius 2 is 1.91 bits per heavy atom. The number of hydrogen-bond donors (Lipinski definition) is 1. The molecule has 0 spiro atoms. The molecule has 0 fully saturated rings. The Morgan fingerprint density at radius 3 is 2.57 bits per heavy atom. The van der Waals surface area contributed by atoms with Gasteiger partial charge in [-0.2, -0.15) is 0 Å². The molecule has 3 rings (SSSR count). The van der Waals surface area contributed by atoms with Crippen LogP contribution in [0.4, 0.5) is 0 Å². The second kappa shape index (κ2) is 6.46. The molecule has 118 valence electrons. The van der Waals surface area contributed by atoms with Crippen molar-refractivity contribution in [1.82, 2.24) is 5.16 Å². The van der Waals surface area contributed by atoms with E-state index in [1.807, 2.05) is 44.2 Å². The number of phenols is 1. The first-order valence-corrected chi connectivity index (χ1v) is 8.08. The van der Waals surface area contributed by atoms with E-state index in [4.69, 9.17) is 9.26 Å². The number of aryl methyl sites for hydroxylation is 1. The Bertz CT molecular complexity index is 825. The maximum atomic E-state index is 10.3. The molecule has 0 saturated heterocycles. The third-order valence-electron chi connectivity index (χ3n) is 3.52. The number of nitrogens with zero attached hydrogens (tertiary/aromatic N) is 1. The fraction of sp³-hybridized carbons (Fsp3) is 0.167. The molecule has 0 aliphatic rings. The van der Waals surface area contributed by atoms with Crippen molar-refractivity contribution < 1.29 is 14.4 Å². The van der Waals surface area contributed by atoms with Crippen LogP contribution in [0.1, 0.15) is 12.6 Å². The van der Waals surface area contributed by atoms with E-state index in [1.54, 1.807) is 12.1 Å². The monoisotopic (exact) mass is 373 g/mol. The fourth-order valence-electron chi connectivity index (χ4n) is 2.47. The molecule has 2 aromatic carbocycles. The molecule has 0 aliphatic carbocycles. The van der Waals surface area contributed by atoms with Crippen molar-refractivity contribution in [3.8, 4) is 33.9 Å². The molecule has 0 amide bonds. The molecule has 0 saturated carbocycles. The average Bonchev–Trinajstić information content (AvgIpc) is 2.90. The van der Waals surface area contributed by atoms with Gasteiger partial charge in [-0.3, -0.25) is 0 Å². The highest BCUT2D eigenvalue weighted by Gasteiger charge is 2.19. The molecule has 5 heteroatoms. The highest BCUT2D eigenvalue weighted by atomic mass is 79.9. The minimum Gasteiger partial charge on any atom is -0.507 e. The summed E-state index contributed by atoms with van der Waals surface area (Å²) >= 11 is 3.43. The van der Waals surface area contributed by atoms with E-state index in [-0.39, 0.29) is 5.75 Å². The third kappa shape index (κ3) is 3.10. The summed E-state index contributed by atoms with van der Waals surface area (Å²) in [6.45, 7) is 4.33. The van der Waals surface area contributed by atoms with Gasteiger partial charge in [0.1, 0.15) is 11.5 Å². The molecule has 3 aromatic rings. The van der Waals surface area contributed by atoms with Crippen molar-refractivity contribution in [3.05, 3.63) is 52.6 Å². The highest BCUT2D eigenvalue weighted by molar-refractivity contribution is 9.10. The summed E-state index contributed by atoms with van der Waals surface area (Å²) in [5, 5.41) is 14.4. The number of ether oxygens (including phenoxy) is 1. The Morgan fingerprint density at radius 1 is 1.17 bits per heavy atom. The third-order valence-corrected chi connectivity index (χ3v) is 4.05. The van der Waals surface area contributed by atoms with Crippen LogP contribution in [0.3, 0.4) is 0 Å². The lowest BCUT2D eigenvalue weighted by atomic mass is 9.99. The molecule has 0 unspecified atom stereocenters. The molecule has 1 N–H and O–H groups in total. The molecule has 0 radical (unpaired) electrons. The van der Waals surface area contributed by atoms with Crippen LogP contribution in [-0.2, 0) is 0 Å². The molecule has 0 bridgehead atoms. The largest absolute Gasteiger partial charge is 0.507 e. The van der Waals surface area contributed by atoms with Gasteiger partial charge in [0.2, 0.25) is 0 Å². The van der Waals surface area contributed by atoms with Crippen LogP contribution >= 0.6 is 15.9 Å². The summed E-state index contributed by atoms with van der Waals surface area (Å²) in [4.78, 5) is 0. The highest BCUT2D eigenvalue weighted by Crippen LogP contribution is 2.40. The van der Waals surface area contributed by atoms with E-state index < -0.39 is 0 Å². The lowest BCUT2D eigenvalue weighted by molar-refractivity contribution is 0.337. The molecular weight excluding hydrogens is 358 g/mol. The van der Waals surface area contributed by atoms with Gasteiger partial charge in [-0.15, -0.1) is 0 Å². The molecule has 1 heterocycles. The topological polar surface area (TPSA) is 55.5 Å². The van der Waals surface area contributed by atoms with Gasteiger partial charge in [-0.25, -0.2) is 0 Å². The number of phenolic OH excluding ortho intramolecular Hbond substituents is 1. The maximum absolute atomic E-state index is 10.3. The first-order chi connectivity index (χ1) is 11.1. The van der Waals surface area contributed by atoms with Crippen LogP contribution in [0.25, 0.3) is 22.5 Å². The van der Waals surface area contributed by atoms with E-state index in [0.29, 0.717) is 23.7 Å². The van der Waals surface area contributed by atoms with Crippen molar-refractivity contribution in [3.63, 3.8) is 0 Å². The number of aromatic hydroxyl groups is 1. The Hall–Kier alpha value is -2.27. The van der Waals surface area contributed by atoms with Gasteiger partial charge in [-0.05, 0) is 43.7 Å². The zero-order valence-electron chi connectivity index (χ0n) is 12.8. The number of halogens is 1. The average molecular weight is 374 g/mol. The number of aromatic nitrogens is 1. The summed E-state index contributed by atoms with van der Waals surface area (Å²) in [7, 11) is 0. The second-order valence-corrected chi connectivity index (χ2v) is 6.01. The first-order valence-electron chi connectivity index (χ1n) is 7.28. The van der Waals surface area contributed by atoms with Crippen molar-refractivity contribution in [2.24, 2.45) is 0 Å². The molecule has 0 aliphatic heterocycles. The Kier molecular flexibility index (Phi) is 4.39. The van der Waals surface area contributed by atoms with Crippen molar-refractivity contribution in [2.45, 2.75) is 13.8 Å². The van der Waals surface area contributed by atoms with Gasteiger partial charge in [0, 0.05) is 10.5 Å². The van der Waals surface area contributed by atoms with Crippen molar-refractivity contribution in [1.29, 1.82) is 0 Å². The van der Waals surface area contributed by atoms with Crippen LogP contribution < -0.4 is 4.74 Å². The zero-order chi connectivity index (χ0) is 16.4. The van der Waals surface area contributed by atoms with Crippen LogP contribution in [0.2, 0.25) is 0 Å². The molecule has 1 aromatic heterocycles. The van der Waals surface area contributed by atoms with E-state index in [1.165, 1.54) is 0 Å². The van der Waals surface area contributed by atoms with Crippen molar-refractivity contribution in [2.75, 3.05) is 6.61 Å². The minimum absolute atomic E-state index is 0.102. The zero-order valence-corrected chi connectivity index (χ0v) is 14.4. The molecule has 0 atom stereocenters. The van der Waals surface area contributed by atoms with Crippen LogP contribution in [0.5, 0.6) is 11.5 Å². The van der Waals surface area contributed by atoms with E-state index in [2.05, 4.69) is 21.1 Å². The lowest BCUT2D eigenvalue weighted by Crippen LogP contribution is -1.91. The second-order valence-electron chi connectivity index (χ2n) is 5.09. The first kappa shape index (κ1) is 15.6. The number of rotatable bonds is 4. The Balaban J connectivity index is 2.09. The van der Waals surface area contributed by atoms with E-state index in [9.17, 15) is 5.11 Å². The smallest absolute Gasteiger partial charge is 0.178 e. The van der Waals surface area contributed by atoms with Crippen molar-refractivity contribution >= 4 is 15.9 Å². The number of benzene rings is 2. The van der Waals surface area contributed by atoms with Gasteiger partial charge < -0.3 is 14.4 Å². The van der Waals surface area contributed by atoms with Gasteiger partial charge in [0.05, 0.1) is 23.4 Å². The van der Waals surface area contributed by atoms with Crippen LogP contribution in [-0.4, -0.2) is 16.9 Å². The summed E-state index contributed by atoms with van der Waals surface area (Å²) < 4.78 is 11.9. The van der Waals surface area contributed by atoms with Gasteiger partial charge in [-0.1, -0.05) is 33.2 Å². The van der Waals surface area contributed by atoms with E-state index >= 15 is 0 Å². The quantitative estimate of drug-likeness (QED) is 0.683. The standard InChI is InChI=1S/C18H16BrNO3/c1-3-22-14-8-9-15(16(21)10-14)18-17(11(2)20-23-18)12-4-6-13(19)7-5-12/h4-10,21H,3H2,1-2H3. The summed E-state index contributed by atoms with van der Waals surface area (Å²) in [6, 6.07) is 13.1. The minimum atomic E-state index is 0.102. The predicted octanol–water partition coefficient (Wildman–Crippen LogP) is 5.18. The molecular formula is C18H16BrNO3. The lowest BCUT2D eigenvalue weighted by Gasteiger charge is -2.08. The van der Waals surface area contributed by atoms with Crippen LogP contribution in [0, 0.1) is 6.92 Å². The number of hydrogen-bond acceptors (Lipinski definition) is 4. The molecule has 4 nitrogen and oxygen atoms in total. The SMILES string of the molecule is CCOc1ccc(-c2onc(C)c2-c2ccc(Br)cc2)c(O)c1.